The highest BCUT2D eigenvalue weighted by Gasteiger charge is 2.24. The highest BCUT2D eigenvalue weighted by Crippen LogP contribution is 2.31. The van der Waals surface area contributed by atoms with Gasteiger partial charge in [-0.15, -0.1) is 0 Å². The zero-order valence-electron chi connectivity index (χ0n) is 10.4. The van der Waals surface area contributed by atoms with E-state index in [9.17, 15) is 17.6 Å². The molecule has 0 aliphatic rings. The molecule has 0 aromatic heterocycles. The summed E-state index contributed by atoms with van der Waals surface area (Å²) >= 11 is 3.01. The van der Waals surface area contributed by atoms with Gasteiger partial charge >= 0.3 is 0 Å². The van der Waals surface area contributed by atoms with Gasteiger partial charge in [0.15, 0.2) is 0 Å². The molecule has 0 saturated heterocycles. The molecule has 0 fully saturated rings. The highest BCUT2D eigenvalue weighted by atomic mass is 79.9. The van der Waals surface area contributed by atoms with Crippen LogP contribution < -0.4 is 5.32 Å². The van der Waals surface area contributed by atoms with E-state index in [-0.39, 0.29) is 10.0 Å². The molecule has 6 heteroatoms. The molecule has 0 aliphatic heterocycles. The number of hydrogen-bond donors (Lipinski definition) is 1. The van der Waals surface area contributed by atoms with Gasteiger partial charge < -0.3 is 5.32 Å². The second-order valence-corrected chi connectivity index (χ2v) is 5.00. The molecule has 20 heavy (non-hydrogen) atoms. The Labute approximate surface area is 121 Å². The quantitative estimate of drug-likeness (QED) is 0.815. The third-order valence-corrected chi connectivity index (χ3v) is 3.53. The molecule has 0 amide bonds. The zero-order valence-corrected chi connectivity index (χ0v) is 11.9. The molecule has 106 valence electrons. The van der Waals surface area contributed by atoms with Crippen molar-refractivity contribution in [3.63, 3.8) is 0 Å². The van der Waals surface area contributed by atoms with E-state index >= 15 is 0 Å². The standard InChI is InChI=1S/C14H10BrF4N/c1-20-14(8-3-2-4-9(15)13(8)19)12-10(17)5-7(16)6-11(12)18/h2-6,14,20H,1H3. The minimum absolute atomic E-state index is 0.0614. The number of rotatable bonds is 3. The van der Waals surface area contributed by atoms with Crippen LogP contribution >= 0.6 is 15.9 Å². The summed E-state index contributed by atoms with van der Waals surface area (Å²) in [5, 5.41) is 2.64. The van der Waals surface area contributed by atoms with Crippen molar-refractivity contribution in [1.82, 2.24) is 5.32 Å². The zero-order chi connectivity index (χ0) is 14.9. The fourth-order valence-corrected chi connectivity index (χ4v) is 2.41. The van der Waals surface area contributed by atoms with Crippen molar-refractivity contribution in [3.05, 3.63) is 69.2 Å². The summed E-state index contributed by atoms with van der Waals surface area (Å²) in [5.74, 6) is -3.79. The molecule has 0 bridgehead atoms. The molecule has 1 N–H and O–H groups in total. The summed E-state index contributed by atoms with van der Waals surface area (Å²) in [4.78, 5) is 0. The molecule has 0 spiro atoms. The number of nitrogens with one attached hydrogen (secondary N) is 1. The first-order chi connectivity index (χ1) is 9.45. The lowest BCUT2D eigenvalue weighted by Crippen LogP contribution is -2.22. The van der Waals surface area contributed by atoms with E-state index in [1.165, 1.54) is 19.2 Å². The van der Waals surface area contributed by atoms with Gasteiger partial charge in [0.05, 0.1) is 10.5 Å². The fraction of sp³-hybridized carbons (Fsp3) is 0.143. The maximum Gasteiger partial charge on any atom is 0.142 e. The van der Waals surface area contributed by atoms with Crippen LogP contribution in [-0.2, 0) is 0 Å². The Hall–Kier alpha value is -1.40. The van der Waals surface area contributed by atoms with E-state index in [4.69, 9.17) is 0 Å². The summed E-state index contributed by atoms with van der Waals surface area (Å²) in [7, 11) is 1.44. The van der Waals surface area contributed by atoms with Crippen molar-refractivity contribution in [2.24, 2.45) is 0 Å². The van der Waals surface area contributed by atoms with Crippen molar-refractivity contribution in [1.29, 1.82) is 0 Å². The highest BCUT2D eigenvalue weighted by molar-refractivity contribution is 9.10. The van der Waals surface area contributed by atoms with E-state index in [0.29, 0.717) is 12.1 Å². The third-order valence-electron chi connectivity index (χ3n) is 2.91. The van der Waals surface area contributed by atoms with Gasteiger partial charge in [-0.3, -0.25) is 0 Å². The van der Waals surface area contributed by atoms with E-state index in [1.54, 1.807) is 6.07 Å². The molecule has 1 unspecified atom stereocenters. The Morgan fingerprint density at radius 1 is 1.05 bits per heavy atom. The van der Waals surface area contributed by atoms with E-state index in [1.807, 2.05) is 0 Å². The van der Waals surface area contributed by atoms with Gasteiger partial charge in [0.2, 0.25) is 0 Å². The lowest BCUT2D eigenvalue weighted by Gasteiger charge is -2.19. The van der Waals surface area contributed by atoms with Crippen LogP contribution in [0, 0.1) is 23.3 Å². The summed E-state index contributed by atoms with van der Waals surface area (Å²) in [6.45, 7) is 0. The van der Waals surface area contributed by atoms with Crippen LogP contribution in [0.25, 0.3) is 0 Å². The van der Waals surface area contributed by atoms with Crippen LogP contribution in [-0.4, -0.2) is 7.05 Å². The van der Waals surface area contributed by atoms with E-state index < -0.39 is 34.9 Å². The smallest absolute Gasteiger partial charge is 0.142 e. The van der Waals surface area contributed by atoms with Crippen molar-refractivity contribution in [2.45, 2.75) is 6.04 Å². The average molecular weight is 348 g/mol. The normalized spacial score (nSPS) is 12.5. The van der Waals surface area contributed by atoms with Crippen LogP contribution in [0.3, 0.4) is 0 Å². The largest absolute Gasteiger partial charge is 0.309 e. The molecule has 2 rings (SSSR count). The molecule has 0 radical (unpaired) electrons. The summed E-state index contributed by atoms with van der Waals surface area (Å²) in [6, 6.07) is 4.50. The monoisotopic (exact) mass is 347 g/mol. The molecule has 0 aliphatic carbocycles. The average Bonchev–Trinajstić information content (AvgIpc) is 2.37. The Balaban J connectivity index is 2.62. The summed E-state index contributed by atoms with van der Waals surface area (Å²) in [6.07, 6.45) is 0. The van der Waals surface area contributed by atoms with Crippen LogP contribution in [0.5, 0.6) is 0 Å². The molecule has 2 aromatic carbocycles. The van der Waals surface area contributed by atoms with E-state index in [0.717, 1.165) is 0 Å². The van der Waals surface area contributed by atoms with Crippen molar-refractivity contribution in [3.8, 4) is 0 Å². The number of halogens is 5. The SMILES string of the molecule is CNC(c1cccc(Br)c1F)c1c(F)cc(F)cc1F. The topological polar surface area (TPSA) is 12.0 Å². The van der Waals surface area contributed by atoms with Gasteiger partial charge in [0, 0.05) is 23.3 Å². The second kappa shape index (κ2) is 5.93. The maximum absolute atomic E-state index is 14.1. The Kier molecular flexibility index (Phi) is 4.45. The van der Waals surface area contributed by atoms with Gasteiger partial charge in [0.1, 0.15) is 23.3 Å². The molecule has 1 nitrogen and oxygen atoms in total. The number of hydrogen-bond acceptors (Lipinski definition) is 1. The van der Waals surface area contributed by atoms with Gasteiger partial charge in [-0.05, 0) is 29.0 Å². The van der Waals surface area contributed by atoms with Gasteiger partial charge in [-0.2, -0.15) is 0 Å². The predicted molar refractivity (Wildman–Crippen MR) is 71.3 cm³/mol. The summed E-state index contributed by atoms with van der Waals surface area (Å²) < 4.78 is 54.8. The Morgan fingerprint density at radius 2 is 1.65 bits per heavy atom. The molecule has 1 atom stereocenters. The second-order valence-electron chi connectivity index (χ2n) is 4.15. The van der Waals surface area contributed by atoms with Crippen LogP contribution in [0.15, 0.2) is 34.8 Å². The lowest BCUT2D eigenvalue weighted by molar-refractivity contribution is 0.490. The molecule has 0 saturated carbocycles. The van der Waals surface area contributed by atoms with E-state index in [2.05, 4.69) is 21.2 Å². The first-order valence-electron chi connectivity index (χ1n) is 5.71. The minimum atomic E-state index is -1.07. The minimum Gasteiger partial charge on any atom is -0.309 e. The van der Waals surface area contributed by atoms with Crippen molar-refractivity contribution >= 4 is 15.9 Å². The molecular formula is C14H10BrF4N. The first kappa shape index (κ1) is 15.0. The van der Waals surface area contributed by atoms with Gasteiger partial charge in [-0.25, -0.2) is 17.6 Å². The maximum atomic E-state index is 14.1. The van der Waals surface area contributed by atoms with Crippen LogP contribution in [0.2, 0.25) is 0 Å². The fourth-order valence-electron chi connectivity index (χ4n) is 2.03. The van der Waals surface area contributed by atoms with Crippen LogP contribution in [0.4, 0.5) is 17.6 Å². The van der Waals surface area contributed by atoms with Gasteiger partial charge in [0.25, 0.3) is 0 Å². The Morgan fingerprint density at radius 3 is 2.20 bits per heavy atom. The van der Waals surface area contributed by atoms with Crippen LogP contribution in [0.1, 0.15) is 17.2 Å². The third kappa shape index (κ3) is 2.71. The number of benzene rings is 2. The van der Waals surface area contributed by atoms with Crippen molar-refractivity contribution in [2.75, 3.05) is 7.05 Å². The molecule has 2 aromatic rings. The Bertz CT molecular complexity index is 622. The van der Waals surface area contributed by atoms with Crippen molar-refractivity contribution < 1.29 is 17.6 Å². The van der Waals surface area contributed by atoms with Gasteiger partial charge in [-0.1, -0.05) is 12.1 Å². The summed E-state index contributed by atoms with van der Waals surface area (Å²) in [5.41, 5.74) is -0.364. The molecular weight excluding hydrogens is 338 g/mol. The first-order valence-corrected chi connectivity index (χ1v) is 6.50. The lowest BCUT2D eigenvalue weighted by atomic mass is 9.97. The molecule has 0 heterocycles. The predicted octanol–water partition coefficient (Wildman–Crippen LogP) is 4.31.